The summed E-state index contributed by atoms with van der Waals surface area (Å²) in [7, 11) is 0. The van der Waals surface area contributed by atoms with Crippen molar-refractivity contribution in [2.24, 2.45) is 5.41 Å². The molecule has 1 aliphatic carbocycles. The van der Waals surface area contributed by atoms with E-state index < -0.39 is 5.54 Å². The van der Waals surface area contributed by atoms with Crippen LogP contribution in [-0.4, -0.2) is 23.7 Å². The van der Waals surface area contributed by atoms with Crippen LogP contribution in [0.15, 0.2) is 0 Å². The highest BCUT2D eigenvalue weighted by Gasteiger charge is 2.50. The Kier molecular flexibility index (Phi) is 3.37. The SMILES string of the molecule is CC(C)(C)C[C@@H]1N[C@]2(C#N)CCCC[C@H]2OC1=O. The lowest BCUT2D eigenvalue weighted by Crippen LogP contribution is -2.66. The first kappa shape index (κ1) is 13.4. The summed E-state index contributed by atoms with van der Waals surface area (Å²) in [6.45, 7) is 6.27. The predicted molar refractivity (Wildman–Crippen MR) is 67.7 cm³/mol. The van der Waals surface area contributed by atoms with E-state index in [9.17, 15) is 10.1 Å². The summed E-state index contributed by atoms with van der Waals surface area (Å²) in [5.74, 6) is -0.192. The second-order valence-electron chi connectivity index (χ2n) is 6.72. The van der Waals surface area contributed by atoms with Crippen LogP contribution < -0.4 is 5.32 Å². The van der Waals surface area contributed by atoms with Crippen molar-refractivity contribution in [1.82, 2.24) is 5.32 Å². The van der Waals surface area contributed by atoms with Gasteiger partial charge in [0.05, 0.1) is 6.07 Å². The summed E-state index contributed by atoms with van der Waals surface area (Å²) in [4.78, 5) is 12.0. The second kappa shape index (κ2) is 4.55. The van der Waals surface area contributed by atoms with Gasteiger partial charge >= 0.3 is 5.97 Å². The minimum absolute atomic E-state index is 0.0365. The largest absolute Gasteiger partial charge is 0.458 e. The smallest absolute Gasteiger partial charge is 0.323 e. The van der Waals surface area contributed by atoms with Gasteiger partial charge in [0.15, 0.2) is 0 Å². The molecule has 4 heteroatoms. The molecule has 1 aliphatic heterocycles. The molecule has 0 spiro atoms. The van der Waals surface area contributed by atoms with Crippen LogP contribution in [0.2, 0.25) is 0 Å². The van der Waals surface area contributed by atoms with E-state index in [0.29, 0.717) is 6.42 Å². The van der Waals surface area contributed by atoms with Gasteiger partial charge in [0.25, 0.3) is 0 Å². The molecule has 0 radical (unpaired) electrons. The number of morpholine rings is 1. The number of nitrogens with zero attached hydrogens (tertiary/aromatic N) is 1. The first-order valence-electron chi connectivity index (χ1n) is 6.76. The van der Waals surface area contributed by atoms with Crippen LogP contribution in [0.25, 0.3) is 0 Å². The Labute approximate surface area is 109 Å². The molecule has 2 rings (SSSR count). The van der Waals surface area contributed by atoms with Gasteiger partial charge in [-0.2, -0.15) is 5.26 Å². The predicted octanol–water partition coefficient (Wildman–Crippen LogP) is 2.14. The van der Waals surface area contributed by atoms with E-state index >= 15 is 0 Å². The summed E-state index contributed by atoms with van der Waals surface area (Å²) in [5.41, 5.74) is -0.614. The third-order valence-corrected chi connectivity index (χ3v) is 3.83. The topological polar surface area (TPSA) is 62.1 Å². The molecule has 0 aromatic rings. The minimum Gasteiger partial charge on any atom is -0.458 e. The van der Waals surface area contributed by atoms with Gasteiger partial charge in [-0.1, -0.05) is 27.2 Å². The van der Waals surface area contributed by atoms with Gasteiger partial charge in [0.2, 0.25) is 0 Å². The van der Waals surface area contributed by atoms with Gasteiger partial charge < -0.3 is 4.74 Å². The Morgan fingerprint density at radius 1 is 1.50 bits per heavy atom. The van der Waals surface area contributed by atoms with Crippen molar-refractivity contribution in [2.75, 3.05) is 0 Å². The van der Waals surface area contributed by atoms with E-state index in [-0.39, 0.29) is 23.5 Å². The van der Waals surface area contributed by atoms with Crippen LogP contribution in [0.4, 0.5) is 0 Å². The van der Waals surface area contributed by atoms with E-state index in [4.69, 9.17) is 4.74 Å². The average Bonchev–Trinajstić information content (AvgIpc) is 2.28. The van der Waals surface area contributed by atoms with Crippen molar-refractivity contribution in [3.05, 3.63) is 0 Å². The number of carbonyl (C=O) groups excluding carboxylic acids is 1. The third-order valence-electron chi connectivity index (χ3n) is 3.83. The van der Waals surface area contributed by atoms with Crippen molar-refractivity contribution in [3.63, 3.8) is 0 Å². The molecule has 0 amide bonds. The zero-order chi connectivity index (χ0) is 13.4. The highest BCUT2D eigenvalue weighted by atomic mass is 16.6. The third kappa shape index (κ3) is 2.51. The lowest BCUT2D eigenvalue weighted by Gasteiger charge is -2.46. The Morgan fingerprint density at radius 2 is 2.22 bits per heavy atom. The molecule has 2 aliphatic rings. The average molecular weight is 250 g/mol. The Morgan fingerprint density at radius 3 is 2.83 bits per heavy atom. The maximum atomic E-state index is 12.0. The Hall–Kier alpha value is -1.08. The summed E-state index contributed by atoms with van der Waals surface area (Å²) in [5, 5.41) is 12.8. The first-order valence-corrected chi connectivity index (χ1v) is 6.76. The minimum atomic E-state index is -0.651. The maximum absolute atomic E-state index is 12.0. The second-order valence-corrected chi connectivity index (χ2v) is 6.72. The summed E-state index contributed by atoms with van der Waals surface area (Å²) in [6.07, 6.45) is 4.07. The normalized spacial score (nSPS) is 36.4. The van der Waals surface area contributed by atoms with Gasteiger partial charge in [0.1, 0.15) is 17.7 Å². The van der Waals surface area contributed by atoms with Crippen LogP contribution in [0.3, 0.4) is 0 Å². The zero-order valence-corrected chi connectivity index (χ0v) is 11.5. The molecule has 0 unspecified atom stereocenters. The quantitative estimate of drug-likeness (QED) is 0.724. The number of carbonyl (C=O) groups is 1. The number of hydrogen-bond donors (Lipinski definition) is 1. The standard InChI is InChI=1S/C14H22N2O2/c1-13(2,3)8-10-12(17)18-11-6-4-5-7-14(11,9-15)16-10/h10-11,16H,4-8H2,1-3H3/t10-,11+,14-/m0/s1. The van der Waals surface area contributed by atoms with Crippen molar-refractivity contribution in [1.29, 1.82) is 5.26 Å². The van der Waals surface area contributed by atoms with Crippen LogP contribution in [0, 0.1) is 16.7 Å². The monoisotopic (exact) mass is 250 g/mol. The molecular weight excluding hydrogens is 228 g/mol. The fourth-order valence-corrected chi connectivity index (χ4v) is 2.96. The lowest BCUT2D eigenvalue weighted by molar-refractivity contribution is -0.167. The molecule has 4 nitrogen and oxygen atoms in total. The summed E-state index contributed by atoms with van der Waals surface area (Å²) < 4.78 is 5.52. The summed E-state index contributed by atoms with van der Waals surface area (Å²) >= 11 is 0. The molecular formula is C14H22N2O2. The fraction of sp³-hybridized carbons (Fsp3) is 0.857. The van der Waals surface area contributed by atoms with Crippen LogP contribution in [0.1, 0.15) is 52.9 Å². The Bertz CT molecular complexity index is 380. The highest BCUT2D eigenvalue weighted by molar-refractivity contribution is 5.77. The van der Waals surface area contributed by atoms with E-state index in [0.717, 1.165) is 25.7 Å². The fourth-order valence-electron chi connectivity index (χ4n) is 2.96. The van der Waals surface area contributed by atoms with Crippen molar-refractivity contribution in [3.8, 4) is 6.07 Å². The number of esters is 1. The molecule has 0 aromatic heterocycles. The number of nitriles is 1. The van der Waals surface area contributed by atoms with Crippen LogP contribution in [-0.2, 0) is 9.53 Å². The van der Waals surface area contributed by atoms with Crippen molar-refractivity contribution < 1.29 is 9.53 Å². The molecule has 0 bridgehead atoms. The van der Waals surface area contributed by atoms with Crippen molar-refractivity contribution >= 4 is 5.97 Å². The number of nitrogens with one attached hydrogen (secondary N) is 1. The number of rotatable bonds is 1. The highest BCUT2D eigenvalue weighted by Crippen LogP contribution is 2.36. The van der Waals surface area contributed by atoms with E-state index in [1.807, 2.05) is 0 Å². The zero-order valence-electron chi connectivity index (χ0n) is 11.5. The molecule has 1 heterocycles. The Balaban J connectivity index is 2.17. The molecule has 0 aromatic carbocycles. The summed E-state index contributed by atoms with van der Waals surface area (Å²) in [6, 6.07) is 2.02. The maximum Gasteiger partial charge on any atom is 0.323 e. The molecule has 1 saturated heterocycles. The van der Waals surface area contributed by atoms with Gasteiger partial charge in [0, 0.05) is 0 Å². The van der Waals surface area contributed by atoms with E-state index in [1.54, 1.807) is 0 Å². The van der Waals surface area contributed by atoms with Gasteiger partial charge in [-0.3, -0.25) is 10.1 Å². The molecule has 1 N–H and O–H groups in total. The van der Waals surface area contributed by atoms with E-state index in [2.05, 4.69) is 32.2 Å². The van der Waals surface area contributed by atoms with Gasteiger partial charge in [-0.25, -0.2) is 0 Å². The van der Waals surface area contributed by atoms with E-state index in [1.165, 1.54) is 0 Å². The number of hydrogen-bond acceptors (Lipinski definition) is 4. The van der Waals surface area contributed by atoms with Crippen LogP contribution >= 0.6 is 0 Å². The van der Waals surface area contributed by atoms with Gasteiger partial charge in [-0.05, 0) is 31.1 Å². The lowest BCUT2D eigenvalue weighted by atomic mass is 9.77. The molecule has 1 saturated carbocycles. The number of ether oxygens (including phenoxy) is 1. The van der Waals surface area contributed by atoms with Gasteiger partial charge in [-0.15, -0.1) is 0 Å². The molecule has 2 fully saturated rings. The number of fused-ring (bicyclic) bond motifs is 1. The molecule has 100 valence electrons. The molecule has 18 heavy (non-hydrogen) atoms. The van der Waals surface area contributed by atoms with Crippen LogP contribution in [0.5, 0.6) is 0 Å². The first-order chi connectivity index (χ1) is 8.36. The molecule has 3 atom stereocenters. The van der Waals surface area contributed by atoms with Crippen molar-refractivity contribution in [2.45, 2.75) is 70.6 Å².